The second-order valence-corrected chi connectivity index (χ2v) is 6.77. The lowest BCUT2D eigenvalue weighted by Gasteiger charge is -2.15. The molecule has 0 spiro atoms. The molecule has 0 saturated heterocycles. The summed E-state index contributed by atoms with van der Waals surface area (Å²) in [5.74, 6) is -0.919. The minimum absolute atomic E-state index is 0.0219. The number of carbonyl (C=O) groups excluding carboxylic acids is 1. The van der Waals surface area contributed by atoms with E-state index in [1.807, 2.05) is 12.1 Å². The van der Waals surface area contributed by atoms with Crippen LogP contribution in [0.25, 0.3) is 0 Å². The van der Waals surface area contributed by atoms with Gasteiger partial charge in [0.05, 0.1) is 0 Å². The first-order chi connectivity index (χ1) is 11.8. The summed E-state index contributed by atoms with van der Waals surface area (Å²) in [4.78, 5) is 23.5. The zero-order valence-corrected chi connectivity index (χ0v) is 15.7. The largest absolute Gasteiger partial charge is 0.479 e. The van der Waals surface area contributed by atoms with Crippen molar-refractivity contribution < 1.29 is 24.2 Å². The van der Waals surface area contributed by atoms with Crippen molar-refractivity contribution in [2.45, 2.75) is 32.8 Å². The third-order valence-corrected chi connectivity index (χ3v) is 4.07. The minimum Gasteiger partial charge on any atom is -0.479 e. The summed E-state index contributed by atoms with van der Waals surface area (Å²) >= 11 is 3.19. The molecule has 0 fully saturated rings. The third kappa shape index (κ3) is 5.06. The molecular formula is C19H19BrO5. The molecule has 2 aromatic rings. The number of rotatable bonds is 6. The molecule has 2 rings (SSSR count). The number of carboxylic acids is 1. The monoisotopic (exact) mass is 406 g/mol. The van der Waals surface area contributed by atoms with Gasteiger partial charge in [-0.05, 0) is 48.7 Å². The molecule has 0 aliphatic rings. The van der Waals surface area contributed by atoms with E-state index in [-0.39, 0.29) is 11.3 Å². The van der Waals surface area contributed by atoms with Crippen molar-refractivity contribution in [3.05, 3.63) is 58.1 Å². The first kappa shape index (κ1) is 19.0. The molecule has 25 heavy (non-hydrogen) atoms. The molecule has 5 nitrogen and oxygen atoms in total. The average molecular weight is 407 g/mol. The number of ether oxygens (including phenoxy) is 2. The molecule has 1 unspecified atom stereocenters. The second kappa shape index (κ2) is 8.16. The van der Waals surface area contributed by atoms with Crippen LogP contribution in [0.2, 0.25) is 0 Å². The zero-order valence-electron chi connectivity index (χ0n) is 14.2. The van der Waals surface area contributed by atoms with Gasteiger partial charge in [-0.15, -0.1) is 0 Å². The summed E-state index contributed by atoms with van der Waals surface area (Å²) in [6.07, 6.45) is -0.879. The number of halogens is 1. The molecular weight excluding hydrogens is 388 g/mol. The van der Waals surface area contributed by atoms with Crippen LogP contribution >= 0.6 is 15.9 Å². The van der Waals surface area contributed by atoms with E-state index < -0.39 is 18.0 Å². The van der Waals surface area contributed by atoms with Gasteiger partial charge in [0.1, 0.15) is 17.1 Å². The second-order valence-electron chi connectivity index (χ2n) is 5.85. The van der Waals surface area contributed by atoms with E-state index in [1.165, 1.54) is 17.7 Å². The molecule has 6 heteroatoms. The minimum atomic E-state index is -1.18. The topological polar surface area (TPSA) is 72.8 Å². The molecule has 1 N–H and O–H groups in total. The molecule has 0 radical (unpaired) electrons. The predicted octanol–water partition coefficient (Wildman–Crippen LogP) is 4.64. The third-order valence-electron chi connectivity index (χ3n) is 3.57. The van der Waals surface area contributed by atoms with Gasteiger partial charge in [0, 0.05) is 4.47 Å². The fraction of sp³-hybridized carbons (Fsp3) is 0.263. The summed E-state index contributed by atoms with van der Waals surface area (Å²) in [5.41, 5.74) is 1.07. The van der Waals surface area contributed by atoms with Gasteiger partial charge in [-0.25, -0.2) is 9.59 Å². The van der Waals surface area contributed by atoms with Gasteiger partial charge in [0.2, 0.25) is 0 Å². The van der Waals surface area contributed by atoms with Crippen molar-refractivity contribution in [3.63, 3.8) is 0 Å². The summed E-state index contributed by atoms with van der Waals surface area (Å²) in [5, 5.41) is 9.20. The smallest absolute Gasteiger partial charge is 0.352 e. The van der Waals surface area contributed by atoms with Crippen LogP contribution in [0.15, 0.2) is 46.9 Å². The number of hydrogen-bond donors (Lipinski definition) is 1. The normalized spacial score (nSPS) is 11.9. The maximum Gasteiger partial charge on any atom is 0.352 e. The lowest BCUT2D eigenvalue weighted by Crippen LogP contribution is -2.29. The lowest BCUT2D eigenvalue weighted by molar-refractivity contribution is -0.141. The Kier molecular flexibility index (Phi) is 6.20. The Balaban J connectivity index is 2.07. The Morgan fingerprint density at radius 1 is 1.04 bits per heavy atom. The summed E-state index contributed by atoms with van der Waals surface area (Å²) in [6, 6.07) is 11.9. The first-order valence-electron chi connectivity index (χ1n) is 7.79. The van der Waals surface area contributed by atoms with E-state index in [1.54, 1.807) is 25.1 Å². The van der Waals surface area contributed by atoms with Gasteiger partial charge < -0.3 is 14.6 Å². The predicted molar refractivity (Wildman–Crippen MR) is 97.4 cm³/mol. The van der Waals surface area contributed by atoms with E-state index in [0.29, 0.717) is 16.1 Å². The Bertz CT molecular complexity index is 768. The molecule has 1 atom stereocenters. The SMILES string of the molecule is CC(Oc1ccc(C(C)C)cc1)C(=O)Oc1ccc(Br)cc1C(=O)O. The van der Waals surface area contributed by atoms with Crippen LogP contribution in [0.4, 0.5) is 0 Å². The Hall–Kier alpha value is -2.34. The highest BCUT2D eigenvalue weighted by molar-refractivity contribution is 9.10. The van der Waals surface area contributed by atoms with Crippen molar-refractivity contribution in [3.8, 4) is 11.5 Å². The van der Waals surface area contributed by atoms with Crippen molar-refractivity contribution in [2.24, 2.45) is 0 Å². The summed E-state index contributed by atoms with van der Waals surface area (Å²) in [6.45, 7) is 5.74. The fourth-order valence-corrected chi connectivity index (χ4v) is 2.49. The Morgan fingerprint density at radius 2 is 1.68 bits per heavy atom. The maximum absolute atomic E-state index is 12.2. The van der Waals surface area contributed by atoms with Gasteiger partial charge in [-0.2, -0.15) is 0 Å². The van der Waals surface area contributed by atoms with Crippen molar-refractivity contribution >= 4 is 27.9 Å². The quantitative estimate of drug-likeness (QED) is 0.558. The van der Waals surface area contributed by atoms with Crippen LogP contribution in [0.1, 0.15) is 42.6 Å². The van der Waals surface area contributed by atoms with Crippen LogP contribution in [0.5, 0.6) is 11.5 Å². The number of benzene rings is 2. The van der Waals surface area contributed by atoms with Crippen LogP contribution in [0, 0.1) is 0 Å². The first-order valence-corrected chi connectivity index (χ1v) is 8.58. The number of carboxylic acid groups (broad SMARTS) is 1. The van der Waals surface area contributed by atoms with E-state index in [2.05, 4.69) is 29.8 Å². The highest BCUT2D eigenvalue weighted by Gasteiger charge is 2.21. The molecule has 0 aliphatic carbocycles. The fourth-order valence-electron chi connectivity index (χ4n) is 2.13. The van der Waals surface area contributed by atoms with Gasteiger partial charge in [0.25, 0.3) is 0 Å². The standard InChI is InChI=1S/C19H19BrO5/c1-11(2)13-4-7-15(8-5-13)24-12(3)19(23)25-17-9-6-14(20)10-16(17)18(21)22/h4-12H,1-3H3,(H,21,22). The van der Waals surface area contributed by atoms with Gasteiger partial charge in [0.15, 0.2) is 6.10 Å². The number of hydrogen-bond acceptors (Lipinski definition) is 4. The highest BCUT2D eigenvalue weighted by Crippen LogP contribution is 2.24. The van der Waals surface area contributed by atoms with Crippen molar-refractivity contribution in [2.75, 3.05) is 0 Å². The number of esters is 1. The Morgan fingerprint density at radius 3 is 2.24 bits per heavy atom. The molecule has 0 aliphatic heterocycles. The van der Waals surface area contributed by atoms with Crippen LogP contribution in [-0.4, -0.2) is 23.1 Å². The highest BCUT2D eigenvalue weighted by atomic mass is 79.9. The molecule has 2 aromatic carbocycles. The van der Waals surface area contributed by atoms with Gasteiger partial charge in [-0.3, -0.25) is 0 Å². The van der Waals surface area contributed by atoms with E-state index >= 15 is 0 Å². The Labute approximate surface area is 154 Å². The molecule has 0 bridgehead atoms. The molecule has 132 valence electrons. The van der Waals surface area contributed by atoms with E-state index in [0.717, 1.165) is 0 Å². The van der Waals surface area contributed by atoms with E-state index in [4.69, 9.17) is 9.47 Å². The van der Waals surface area contributed by atoms with Gasteiger partial charge in [-0.1, -0.05) is 41.9 Å². The molecule has 0 heterocycles. The van der Waals surface area contributed by atoms with Crippen LogP contribution in [-0.2, 0) is 4.79 Å². The van der Waals surface area contributed by atoms with Crippen LogP contribution in [0.3, 0.4) is 0 Å². The molecule has 0 amide bonds. The van der Waals surface area contributed by atoms with E-state index in [9.17, 15) is 14.7 Å². The number of aromatic carboxylic acids is 1. The summed E-state index contributed by atoms with van der Waals surface area (Å²) < 4.78 is 11.4. The average Bonchev–Trinajstić information content (AvgIpc) is 2.56. The van der Waals surface area contributed by atoms with Crippen LogP contribution < -0.4 is 9.47 Å². The van der Waals surface area contributed by atoms with Crippen molar-refractivity contribution in [1.82, 2.24) is 0 Å². The molecule has 0 aromatic heterocycles. The zero-order chi connectivity index (χ0) is 18.6. The molecule has 0 saturated carbocycles. The van der Waals surface area contributed by atoms with Gasteiger partial charge >= 0.3 is 11.9 Å². The lowest BCUT2D eigenvalue weighted by atomic mass is 10.0. The maximum atomic E-state index is 12.2. The van der Waals surface area contributed by atoms with Crippen molar-refractivity contribution in [1.29, 1.82) is 0 Å². The number of carbonyl (C=O) groups is 2. The summed E-state index contributed by atoms with van der Waals surface area (Å²) in [7, 11) is 0.